The van der Waals surface area contributed by atoms with Crippen molar-refractivity contribution in [3.8, 4) is 0 Å². The fourth-order valence-corrected chi connectivity index (χ4v) is 4.32. The van der Waals surface area contributed by atoms with Crippen LogP contribution in [0.4, 0.5) is 5.69 Å². The summed E-state index contributed by atoms with van der Waals surface area (Å²) < 4.78 is 5.26. The number of esters is 1. The van der Waals surface area contributed by atoms with Crippen molar-refractivity contribution in [2.45, 2.75) is 84.2 Å². The Morgan fingerprint density at radius 2 is 1.96 bits per heavy atom. The van der Waals surface area contributed by atoms with Crippen LogP contribution in [0, 0.1) is 12.3 Å². The average Bonchev–Trinajstić information content (AvgIpc) is 2.57. The Hall–Kier alpha value is -1.55. The molecule has 1 aromatic carbocycles. The SMILES string of the molecule is CCOC(=O)C1(C)CCC(NCc2c(C)ccc(C3CCC3)c2N)CC1. The Morgan fingerprint density at radius 1 is 1.27 bits per heavy atom. The quantitative estimate of drug-likeness (QED) is 0.582. The second kappa shape index (κ2) is 7.99. The molecular formula is C22H34N2O2. The van der Waals surface area contributed by atoms with Crippen LogP contribution in [0.5, 0.6) is 0 Å². The van der Waals surface area contributed by atoms with Gasteiger partial charge in [-0.25, -0.2) is 0 Å². The third kappa shape index (κ3) is 3.90. The lowest BCUT2D eigenvalue weighted by atomic mass is 9.74. The molecule has 3 N–H and O–H groups in total. The van der Waals surface area contributed by atoms with Crippen molar-refractivity contribution in [1.29, 1.82) is 0 Å². The van der Waals surface area contributed by atoms with Crippen molar-refractivity contribution in [1.82, 2.24) is 5.32 Å². The van der Waals surface area contributed by atoms with Crippen molar-refractivity contribution in [3.05, 3.63) is 28.8 Å². The average molecular weight is 359 g/mol. The highest BCUT2D eigenvalue weighted by molar-refractivity contribution is 5.76. The molecule has 0 aliphatic heterocycles. The number of nitrogens with two attached hydrogens (primary N) is 1. The molecule has 0 aromatic heterocycles. The van der Waals surface area contributed by atoms with Crippen LogP contribution in [-0.4, -0.2) is 18.6 Å². The summed E-state index contributed by atoms with van der Waals surface area (Å²) in [5.41, 5.74) is 11.1. The number of hydrogen-bond acceptors (Lipinski definition) is 4. The Labute approximate surface area is 157 Å². The number of rotatable bonds is 6. The molecule has 0 radical (unpaired) electrons. The third-order valence-corrected chi connectivity index (χ3v) is 6.59. The van der Waals surface area contributed by atoms with Gasteiger partial charge in [0.1, 0.15) is 0 Å². The van der Waals surface area contributed by atoms with Gasteiger partial charge in [-0.05, 0) is 81.9 Å². The van der Waals surface area contributed by atoms with Gasteiger partial charge in [-0.3, -0.25) is 4.79 Å². The molecule has 0 saturated heterocycles. The zero-order chi connectivity index (χ0) is 18.7. The molecule has 0 spiro atoms. The summed E-state index contributed by atoms with van der Waals surface area (Å²) in [6.07, 6.45) is 7.67. The highest BCUT2D eigenvalue weighted by atomic mass is 16.5. The molecule has 4 heteroatoms. The van der Waals surface area contributed by atoms with Crippen molar-refractivity contribution < 1.29 is 9.53 Å². The number of hydrogen-bond donors (Lipinski definition) is 2. The normalized spacial score (nSPS) is 26.3. The zero-order valence-electron chi connectivity index (χ0n) is 16.6. The molecule has 2 fully saturated rings. The lowest BCUT2D eigenvalue weighted by Gasteiger charge is -2.36. The van der Waals surface area contributed by atoms with Gasteiger partial charge in [0.05, 0.1) is 12.0 Å². The van der Waals surface area contributed by atoms with E-state index in [9.17, 15) is 4.79 Å². The molecular weight excluding hydrogens is 324 g/mol. The maximum atomic E-state index is 12.2. The van der Waals surface area contributed by atoms with Gasteiger partial charge in [0.25, 0.3) is 0 Å². The van der Waals surface area contributed by atoms with Crippen LogP contribution >= 0.6 is 0 Å². The predicted octanol–water partition coefficient (Wildman–Crippen LogP) is 4.45. The summed E-state index contributed by atoms with van der Waals surface area (Å²) in [6.45, 7) is 7.35. The minimum absolute atomic E-state index is 0.0354. The van der Waals surface area contributed by atoms with E-state index < -0.39 is 0 Å². The van der Waals surface area contributed by atoms with Crippen LogP contribution in [0.1, 0.15) is 81.4 Å². The summed E-state index contributed by atoms with van der Waals surface area (Å²) in [4.78, 5) is 12.2. The van der Waals surface area contributed by atoms with Crippen LogP contribution in [0.25, 0.3) is 0 Å². The van der Waals surface area contributed by atoms with Gasteiger partial charge in [0, 0.05) is 18.3 Å². The maximum absolute atomic E-state index is 12.2. The molecule has 0 amide bonds. The number of aryl methyl sites for hydroxylation is 1. The number of anilines is 1. The minimum Gasteiger partial charge on any atom is -0.466 e. The van der Waals surface area contributed by atoms with Gasteiger partial charge in [0.2, 0.25) is 0 Å². The maximum Gasteiger partial charge on any atom is 0.311 e. The molecule has 3 rings (SSSR count). The molecule has 1 aromatic rings. The van der Waals surface area contributed by atoms with E-state index in [2.05, 4.69) is 24.4 Å². The smallest absolute Gasteiger partial charge is 0.311 e. The van der Waals surface area contributed by atoms with E-state index in [1.165, 1.54) is 36.0 Å². The molecule has 144 valence electrons. The predicted molar refractivity (Wildman–Crippen MR) is 106 cm³/mol. The number of ether oxygens (including phenoxy) is 1. The van der Waals surface area contributed by atoms with E-state index in [1.807, 2.05) is 13.8 Å². The molecule has 4 nitrogen and oxygen atoms in total. The Bertz CT molecular complexity index is 644. The fourth-order valence-electron chi connectivity index (χ4n) is 4.32. The number of carbonyl (C=O) groups is 1. The Kier molecular flexibility index (Phi) is 5.91. The van der Waals surface area contributed by atoms with E-state index in [0.29, 0.717) is 18.6 Å². The van der Waals surface area contributed by atoms with Gasteiger partial charge >= 0.3 is 5.97 Å². The van der Waals surface area contributed by atoms with Crippen molar-refractivity contribution in [2.75, 3.05) is 12.3 Å². The van der Waals surface area contributed by atoms with Crippen molar-refractivity contribution >= 4 is 11.7 Å². The largest absolute Gasteiger partial charge is 0.466 e. The first-order chi connectivity index (χ1) is 12.4. The molecule has 2 aliphatic rings. The highest BCUT2D eigenvalue weighted by Gasteiger charge is 2.38. The topological polar surface area (TPSA) is 64.3 Å². The van der Waals surface area contributed by atoms with Gasteiger partial charge < -0.3 is 15.8 Å². The second-order valence-corrected chi connectivity index (χ2v) is 8.43. The van der Waals surface area contributed by atoms with Crippen LogP contribution in [0.2, 0.25) is 0 Å². The number of carbonyl (C=O) groups excluding carboxylic acids is 1. The highest BCUT2D eigenvalue weighted by Crippen LogP contribution is 2.41. The summed E-state index contributed by atoms with van der Waals surface area (Å²) >= 11 is 0. The molecule has 2 aliphatic carbocycles. The van der Waals surface area contributed by atoms with Crippen LogP contribution in [0.3, 0.4) is 0 Å². The monoisotopic (exact) mass is 358 g/mol. The van der Waals surface area contributed by atoms with Gasteiger partial charge in [0.15, 0.2) is 0 Å². The first-order valence-electron chi connectivity index (χ1n) is 10.2. The van der Waals surface area contributed by atoms with Gasteiger partial charge in [-0.1, -0.05) is 18.6 Å². The van der Waals surface area contributed by atoms with Gasteiger partial charge in [-0.2, -0.15) is 0 Å². The number of nitrogens with one attached hydrogen (secondary N) is 1. The van der Waals surface area contributed by atoms with Crippen LogP contribution in [0.15, 0.2) is 12.1 Å². The first kappa shape index (κ1) is 19.2. The second-order valence-electron chi connectivity index (χ2n) is 8.43. The molecule has 0 bridgehead atoms. The molecule has 26 heavy (non-hydrogen) atoms. The summed E-state index contributed by atoms with van der Waals surface area (Å²) in [5.74, 6) is 0.626. The molecule has 0 atom stereocenters. The number of benzene rings is 1. The lowest BCUT2D eigenvalue weighted by molar-refractivity contribution is -0.156. The summed E-state index contributed by atoms with van der Waals surface area (Å²) in [5, 5.41) is 3.70. The van der Waals surface area contributed by atoms with Crippen LogP contribution < -0.4 is 11.1 Å². The van der Waals surface area contributed by atoms with Crippen molar-refractivity contribution in [2.24, 2.45) is 5.41 Å². The Balaban J connectivity index is 1.58. The Morgan fingerprint density at radius 3 is 2.54 bits per heavy atom. The lowest BCUT2D eigenvalue weighted by Crippen LogP contribution is -2.40. The minimum atomic E-state index is -0.312. The van der Waals surface area contributed by atoms with Crippen LogP contribution in [-0.2, 0) is 16.1 Å². The molecule has 0 unspecified atom stereocenters. The standard InChI is InChI=1S/C22H34N2O2/c1-4-26-21(25)22(3)12-10-17(11-13-22)24-14-19-15(2)8-9-18(20(19)23)16-6-5-7-16/h8-9,16-17,24H,4-7,10-14,23H2,1-3H3. The van der Waals surface area contributed by atoms with E-state index in [1.54, 1.807) is 0 Å². The molecule has 0 heterocycles. The summed E-state index contributed by atoms with van der Waals surface area (Å²) in [7, 11) is 0. The fraction of sp³-hybridized carbons (Fsp3) is 0.682. The first-order valence-corrected chi connectivity index (χ1v) is 10.2. The summed E-state index contributed by atoms with van der Waals surface area (Å²) in [6, 6.07) is 4.90. The van der Waals surface area contributed by atoms with E-state index >= 15 is 0 Å². The number of nitrogen functional groups attached to an aromatic ring is 1. The van der Waals surface area contributed by atoms with Crippen molar-refractivity contribution in [3.63, 3.8) is 0 Å². The zero-order valence-corrected chi connectivity index (χ0v) is 16.6. The van der Waals surface area contributed by atoms with E-state index in [-0.39, 0.29) is 11.4 Å². The van der Waals surface area contributed by atoms with E-state index in [4.69, 9.17) is 10.5 Å². The molecule has 2 saturated carbocycles. The van der Waals surface area contributed by atoms with E-state index in [0.717, 1.165) is 37.9 Å². The van der Waals surface area contributed by atoms with Gasteiger partial charge in [-0.15, -0.1) is 0 Å². The third-order valence-electron chi connectivity index (χ3n) is 6.59.